The van der Waals surface area contributed by atoms with Gasteiger partial charge in [-0.1, -0.05) is 6.92 Å². The van der Waals surface area contributed by atoms with Crippen molar-refractivity contribution >= 4 is 5.78 Å². The summed E-state index contributed by atoms with van der Waals surface area (Å²) >= 11 is 0. The Morgan fingerprint density at radius 1 is 1.38 bits per heavy atom. The van der Waals surface area contributed by atoms with Gasteiger partial charge in [0, 0.05) is 98.1 Å². The number of Topliss-reactive ketones (excluding diaryl/α,β-unsaturated/α-hetero) is 1. The topological polar surface area (TPSA) is 17.1 Å². The first-order valence-corrected chi connectivity index (χ1v) is 1.62. The molecule has 0 fully saturated rings. The first-order chi connectivity index (χ1) is 2.27. The normalized spacial score (nSPS) is 4.62. The zero-order valence-electron chi connectivity index (χ0n) is 5.05. The molecule has 0 aromatic heterocycles. The molecule has 1 nitrogen and oxygen atoms in total. The van der Waals surface area contributed by atoms with Crippen LogP contribution in [0.2, 0.25) is 0 Å². The molecule has 4 heteroatoms. The second-order valence-electron chi connectivity index (χ2n) is 0.892. The minimum Gasteiger partial charge on any atom is -0.339 e. The molecule has 0 saturated heterocycles. The van der Waals surface area contributed by atoms with Gasteiger partial charge in [-0.05, 0) is 12.2 Å². The minimum absolute atomic E-state index is 0. The Kier molecular flexibility index (Phi) is 46.1. The van der Waals surface area contributed by atoms with Crippen molar-refractivity contribution in [1.82, 2.24) is 0 Å². The van der Waals surface area contributed by atoms with Crippen molar-refractivity contribution in [1.29, 1.82) is 0 Å². The molecule has 0 aromatic rings. The van der Waals surface area contributed by atoms with Crippen molar-refractivity contribution in [3.05, 3.63) is 6.92 Å². The van der Waals surface area contributed by atoms with Crippen molar-refractivity contribution in [3.63, 3.8) is 0 Å². The Morgan fingerprint density at radius 2 is 1.50 bits per heavy atom. The van der Waals surface area contributed by atoms with Crippen LogP contribution in [0, 0.1) is 6.92 Å². The molecule has 0 bridgehead atoms. The van der Waals surface area contributed by atoms with Gasteiger partial charge in [-0.3, -0.25) is 0 Å². The van der Waals surface area contributed by atoms with E-state index in [1.165, 1.54) is 0 Å². The third-order valence-electron chi connectivity index (χ3n) is 0.394. The third-order valence-corrected chi connectivity index (χ3v) is 0.394. The van der Waals surface area contributed by atoms with E-state index in [1.807, 2.05) is 0 Å². The van der Waals surface area contributed by atoms with Crippen molar-refractivity contribution in [2.45, 2.75) is 13.3 Å². The van der Waals surface area contributed by atoms with Crippen LogP contribution in [-0.2, 0) is 103 Å². The van der Waals surface area contributed by atoms with E-state index in [4.69, 9.17) is 0 Å². The molecule has 0 amide bonds. The molecule has 0 spiro atoms. The molecule has 3 radical (unpaired) electrons. The van der Waals surface area contributed by atoms with E-state index < -0.39 is 0 Å². The standard InChI is InChI=1S/C4H7O.3Y/c1-3-4(2)5;;;/h2-3H2,1H3;;;/q-1;;;. The van der Waals surface area contributed by atoms with Gasteiger partial charge < -0.3 is 11.7 Å². The first kappa shape index (κ1) is 22.4. The average molecular weight is 338 g/mol. The molecule has 0 rings (SSSR count). The predicted molar refractivity (Wildman–Crippen MR) is 20.7 cm³/mol. The van der Waals surface area contributed by atoms with E-state index in [1.54, 1.807) is 6.92 Å². The second kappa shape index (κ2) is 16.4. The van der Waals surface area contributed by atoms with Gasteiger partial charge in [-0.2, -0.15) is 0 Å². The van der Waals surface area contributed by atoms with E-state index in [0.717, 1.165) is 0 Å². The van der Waals surface area contributed by atoms with Crippen molar-refractivity contribution in [2.75, 3.05) is 0 Å². The van der Waals surface area contributed by atoms with Crippen LogP contribution in [0.15, 0.2) is 0 Å². The molecule has 0 aliphatic rings. The molecular weight excluding hydrogens is 331 g/mol. The summed E-state index contributed by atoms with van der Waals surface area (Å²) in [6, 6.07) is 0. The molecule has 0 N–H and O–H groups in total. The summed E-state index contributed by atoms with van der Waals surface area (Å²) in [5.41, 5.74) is 0. The van der Waals surface area contributed by atoms with Crippen LogP contribution >= 0.6 is 0 Å². The van der Waals surface area contributed by atoms with E-state index in [-0.39, 0.29) is 104 Å². The molecule has 39 valence electrons. The van der Waals surface area contributed by atoms with Crippen LogP contribution in [0.1, 0.15) is 13.3 Å². The van der Waals surface area contributed by atoms with E-state index in [0.29, 0.717) is 6.42 Å². The summed E-state index contributed by atoms with van der Waals surface area (Å²) < 4.78 is 0. The molecule has 0 heterocycles. The first-order valence-electron chi connectivity index (χ1n) is 1.62. The van der Waals surface area contributed by atoms with Crippen molar-refractivity contribution < 1.29 is 103 Å². The van der Waals surface area contributed by atoms with E-state index >= 15 is 0 Å². The van der Waals surface area contributed by atoms with Gasteiger partial charge in [0.2, 0.25) is 0 Å². The number of carbonyl (C=O) groups excluding carboxylic acids is 1. The molecule has 0 atom stereocenters. The van der Waals surface area contributed by atoms with E-state index in [9.17, 15) is 4.79 Å². The van der Waals surface area contributed by atoms with Gasteiger partial charge in [-0.15, -0.1) is 0 Å². The fraction of sp³-hybridized carbons (Fsp3) is 0.500. The van der Waals surface area contributed by atoms with Crippen molar-refractivity contribution in [2.24, 2.45) is 0 Å². The smallest absolute Gasteiger partial charge is 0 e. The summed E-state index contributed by atoms with van der Waals surface area (Å²) in [6.07, 6.45) is 0.556. The maximum absolute atomic E-state index is 9.70. The van der Waals surface area contributed by atoms with Crippen LogP contribution < -0.4 is 0 Å². The zero-order valence-corrected chi connectivity index (χ0v) is 13.6. The number of carbonyl (C=O) groups is 1. The van der Waals surface area contributed by atoms with E-state index in [2.05, 4.69) is 6.92 Å². The minimum atomic E-state index is 0. The van der Waals surface area contributed by atoms with Gasteiger partial charge in [0.25, 0.3) is 0 Å². The number of rotatable bonds is 1. The Hall–Kier alpha value is 2.85. The maximum Gasteiger partial charge on any atom is 0 e. The summed E-state index contributed by atoms with van der Waals surface area (Å²) in [6.45, 7) is 4.91. The summed E-state index contributed by atoms with van der Waals surface area (Å²) in [7, 11) is 0. The van der Waals surface area contributed by atoms with Gasteiger partial charge >= 0.3 is 0 Å². The molecule has 0 saturated carbocycles. The molecule has 0 aliphatic carbocycles. The maximum atomic E-state index is 9.70. The van der Waals surface area contributed by atoms with Gasteiger partial charge in [0.05, 0.1) is 0 Å². The summed E-state index contributed by atoms with van der Waals surface area (Å²) in [5.74, 6) is 0.00463. The van der Waals surface area contributed by atoms with Gasteiger partial charge in [-0.25, -0.2) is 0 Å². The number of hydrogen-bond acceptors (Lipinski definition) is 1. The largest absolute Gasteiger partial charge is 0.339 e. The monoisotopic (exact) mass is 338 g/mol. The van der Waals surface area contributed by atoms with Crippen LogP contribution in [0.4, 0.5) is 0 Å². The predicted octanol–water partition coefficient (Wildman–Crippen LogP) is 0.792. The fourth-order valence-corrected chi connectivity index (χ4v) is 0. The molecule has 0 unspecified atom stereocenters. The van der Waals surface area contributed by atoms with Crippen LogP contribution in [0.3, 0.4) is 0 Å². The van der Waals surface area contributed by atoms with Crippen LogP contribution in [-0.4, -0.2) is 5.78 Å². The quantitative estimate of drug-likeness (QED) is 0.647. The second-order valence-corrected chi connectivity index (χ2v) is 0.892. The summed E-state index contributed by atoms with van der Waals surface area (Å²) in [5, 5.41) is 0. The van der Waals surface area contributed by atoms with Crippen molar-refractivity contribution in [3.8, 4) is 0 Å². The molecular formula is C4H7OY3-. The Balaban J connectivity index is -0.0000000267. The average Bonchev–Trinajstić information content (AvgIpc) is 1.38. The van der Waals surface area contributed by atoms with Gasteiger partial charge in [0.1, 0.15) is 0 Å². The third kappa shape index (κ3) is 23.2. The SMILES string of the molecule is [CH2-]C(=O)CC.[Y].[Y].[Y]. The van der Waals surface area contributed by atoms with Crippen LogP contribution in [0.25, 0.3) is 0 Å². The number of ketones is 1. The molecule has 0 aliphatic heterocycles. The Morgan fingerprint density at radius 3 is 1.50 bits per heavy atom. The zero-order chi connectivity index (χ0) is 4.28. The Labute approximate surface area is 126 Å². The van der Waals surface area contributed by atoms with Gasteiger partial charge in [0.15, 0.2) is 0 Å². The summed E-state index contributed by atoms with van der Waals surface area (Å²) in [4.78, 5) is 9.70. The Bertz CT molecular complexity index is 46.5. The fourth-order valence-electron chi connectivity index (χ4n) is 0. The molecule has 8 heavy (non-hydrogen) atoms. The number of hydrogen-bond donors (Lipinski definition) is 0. The van der Waals surface area contributed by atoms with Crippen LogP contribution in [0.5, 0.6) is 0 Å². The molecule has 0 aromatic carbocycles.